The minimum atomic E-state index is -4.94. The van der Waals surface area contributed by atoms with Gasteiger partial charge >= 0.3 is 12.2 Å². The van der Waals surface area contributed by atoms with Crippen LogP contribution in [0.4, 0.5) is 37.8 Å². The van der Waals surface area contributed by atoms with Crippen LogP contribution in [0.15, 0.2) is 18.3 Å². The van der Waals surface area contributed by atoms with Crippen LogP contribution in [0.1, 0.15) is 44.1 Å². The van der Waals surface area contributed by atoms with Gasteiger partial charge in [-0.15, -0.1) is 0 Å². The molecular weight excluding hydrogens is 624 g/mol. The van der Waals surface area contributed by atoms with Crippen LogP contribution in [0.5, 0.6) is 6.01 Å². The lowest BCUT2D eigenvalue weighted by Crippen LogP contribution is -2.51. The highest BCUT2D eigenvalue weighted by Gasteiger charge is 2.77. The first-order valence-corrected chi connectivity index (χ1v) is 15.5. The number of halogens is 7. The van der Waals surface area contributed by atoms with E-state index in [0.29, 0.717) is 38.4 Å². The molecule has 1 aromatic carbocycles. The number of hydrogen-bond acceptors (Lipinski definition) is 8. The summed E-state index contributed by atoms with van der Waals surface area (Å²) in [4.78, 5) is 17.2. The van der Waals surface area contributed by atoms with E-state index in [4.69, 9.17) is 22.1 Å². The lowest BCUT2D eigenvalue weighted by atomic mass is 9.89. The maximum atomic E-state index is 16.4. The van der Waals surface area contributed by atoms with Gasteiger partial charge in [-0.2, -0.15) is 23.1 Å². The highest BCUT2D eigenvalue weighted by molar-refractivity contribution is 6.34. The molecule has 2 bridgehead atoms. The van der Waals surface area contributed by atoms with Gasteiger partial charge < -0.3 is 20.7 Å². The molecule has 2 aromatic heterocycles. The van der Waals surface area contributed by atoms with E-state index in [2.05, 4.69) is 25.2 Å². The van der Waals surface area contributed by atoms with Crippen molar-refractivity contribution in [3.8, 4) is 17.3 Å². The maximum Gasteiger partial charge on any atom is 0.418 e. The Morgan fingerprint density at radius 1 is 1.11 bits per heavy atom. The van der Waals surface area contributed by atoms with Gasteiger partial charge in [0.05, 0.1) is 32.6 Å². The number of alkyl halides is 5. The van der Waals surface area contributed by atoms with E-state index >= 15 is 4.39 Å². The van der Waals surface area contributed by atoms with E-state index < -0.39 is 50.7 Å². The van der Waals surface area contributed by atoms with Gasteiger partial charge in [0.1, 0.15) is 23.6 Å². The average molecular weight is 654 g/mol. The van der Waals surface area contributed by atoms with Crippen molar-refractivity contribution in [2.75, 3.05) is 43.4 Å². The Labute approximate surface area is 259 Å². The molecule has 3 N–H and O–H groups in total. The third kappa shape index (κ3) is 4.53. The maximum absolute atomic E-state index is 16.4. The van der Waals surface area contributed by atoms with E-state index in [1.165, 1.54) is 12.3 Å². The molecule has 1 aliphatic carbocycles. The third-order valence-corrected chi connectivity index (χ3v) is 10.9. The first-order chi connectivity index (χ1) is 21.3. The number of nitrogen functional groups attached to an aromatic ring is 1. The zero-order valence-electron chi connectivity index (χ0n) is 24.0. The number of aromatic nitrogens is 3. The molecule has 4 saturated heterocycles. The fraction of sp³-hybridized carbons (Fsp3) is 0.567. The highest BCUT2D eigenvalue weighted by atomic mass is 35.5. The van der Waals surface area contributed by atoms with Crippen molar-refractivity contribution >= 4 is 34.0 Å². The van der Waals surface area contributed by atoms with Gasteiger partial charge in [-0.05, 0) is 50.8 Å². The Kier molecular flexibility index (Phi) is 6.32. The molecule has 5 aliphatic rings. The number of hydrogen-bond donors (Lipinski definition) is 2. The number of pyridine rings is 1. The quantitative estimate of drug-likeness (QED) is 0.269. The van der Waals surface area contributed by atoms with E-state index in [1.807, 2.05) is 4.90 Å². The molecule has 4 atom stereocenters. The number of rotatable bonds is 5. The second-order valence-electron chi connectivity index (χ2n) is 13.3. The van der Waals surface area contributed by atoms with Crippen molar-refractivity contribution in [3.05, 3.63) is 34.7 Å². The topological polar surface area (TPSA) is 92.4 Å². The zero-order valence-corrected chi connectivity index (χ0v) is 24.8. The van der Waals surface area contributed by atoms with Crippen LogP contribution in [-0.4, -0.2) is 76.2 Å². The summed E-state index contributed by atoms with van der Waals surface area (Å²) in [6.45, 7) is 2.17. The number of nitrogens with one attached hydrogen (secondary N) is 1. The smallest absolute Gasteiger partial charge is 0.418 e. The Morgan fingerprint density at radius 2 is 1.84 bits per heavy atom. The van der Waals surface area contributed by atoms with Gasteiger partial charge in [0.25, 0.3) is 5.92 Å². The Balaban J connectivity index is 1.22. The van der Waals surface area contributed by atoms with E-state index in [-0.39, 0.29) is 54.1 Å². The predicted molar refractivity (Wildman–Crippen MR) is 155 cm³/mol. The number of anilines is 2. The lowest BCUT2D eigenvalue weighted by Gasteiger charge is -2.34. The summed E-state index contributed by atoms with van der Waals surface area (Å²) in [5.41, 5.74) is 0.963. The molecule has 0 amide bonds. The van der Waals surface area contributed by atoms with E-state index in [1.54, 1.807) is 0 Å². The summed E-state index contributed by atoms with van der Waals surface area (Å²) in [5.74, 6) is -3.44. The summed E-state index contributed by atoms with van der Waals surface area (Å²) in [6.07, 6.45) is -0.0829. The monoisotopic (exact) mass is 653 g/mol. The second-order valence-corrected chi connectivity index (χ2v) is 13.7. The molecule has 240 valence electrons. The first-order valence-electron chi connectivity index (χ1n) is 15.1. The van der Waals surface area contributed by atoms with Crippen LogP contribution in [0.3, 0.4) is 0 Å². The minimum Gasteiger partial charge on any atom is -0.461 e. The normalized spacial score (nSPS) is 30.4. The molecule has 45 heavy (non-hydrogen) atoms. The molecular formula is C30H30ClF6N7O. The molecule has 6 heterocycles. The summed E-state index contributed by atoms with van der Waals surface area (Å²) in [7, 11) is 0. The van der Waals surface area contributed by atoms with Crippen LogP contribution in [0.25, 0.3) is 22.2 Å². The van der Waals surface area contributed by atoms with Gasteiger partial charge in [-0.3, -0.25) is 9.88 Å². The van der Waals surface area contributed by atoms with Gasteiger partial charge in [0.2, 0.25) is 0 Å². The van der Waals surface area contributed by atoms with Crippen molar-refractivity contribution < 1.29 is 31.1 Å². The Bertz CT molecular complexity index is 1710. The molecule has 1 saturated carbocycles. The van der Waals surface area contributed by atoms with Crippen molar-refractivity contribution in [2.24, 2.45) is 5.41 Å². The lowest BCUT2D eigenvalue weighted by molar-refractivity contribution is -0.137. The SMILES string of the molecule is Nc1ccc(-c2ncc3c(N4C[C@H]5CC[C@@H](C4)N5)nc(OC[C@@]45CCCN4C[C@@]4(CC4(F)F)C5)nc3c2F)c(C(F)(F)F)c1Cl. The van der Waals surface area contributed by atoms with Gasteiger partial charge in [0, 0.05) is 49.9 Å². The van der Waals surface area contributed by atoms with Gasteiger partial charge in [-0.25, -0.2) is 13.2 Å². The van der Waals surface area contributed by atoms with Crippen molar-refractivity contribution in [1.82, 2.24) is 25.2 Å². The van der Waals surface area contributed by atoms with Crippen LogP contribution >= 0.6 is 11.6 Å². The van der Waals surface area contributed by atoms with Gasteiger partial charge in [-0.1, -0.05) is 11.6 Å². The van der Waals surface area contributed by atoms with Crippen LogP contribution < -0.4 is 20.7 Å². The molecule has 15 heteroatoms. The standard InChI is InChI=1S/C30H30ClF6N7O/c31-21-19(38)5-4-17(20(21)30(35,36)37)23-22(32)24-18(8-39-23)25(43-9-15-2-3-16(10-43)40-15)42-26(41-24)45-14-28-6-1-7-44(28)13-27(11-28)12-29(27,33)34/h4-5,8,15-16,40H,1-3,6-7,9-14,38H2/t15-,16+,27-,28-/m0/s1. The largest absolute Gasteiger partial charge is 0.461 e. The molecule has 8 rings (SSSR count). The number of piperazine rings is 1. The fourth-order valence-corrected chi connectivity index (χ4v) is 8.47. The summed E-state index contributed by atoms with van der Waals surface area (Å²) < 4.78 is 93.7. The molecule has 8 nitrogen and oxygen atoms in total. The molecule has 1 spiro atoms. The first kappa shape index (κ1) is 29.3. The summed E-state index contributed by atoms with van der Waals surface area (Å²) in [6, 6.07) is 2.42. The van der Waals surface area contributed by atoms with Crippen LogP contribution in [0, 0.1) is 11.2 Å². The van der Waals surface area contributed by atoms with Crippen molar-refractivity contribution in [3.63, 3.8) is 0 Å². The number of fused-ring (bicyclic) bond motifs is 4. The third-order valence-electron chi connectivity index (χ3n) is 10.5. The molecule has 0 unspecified atom stereocenters. The number of nitrogens with two attached hydrogens (primary N) is 1. The second kappa shape index (κ2) is 9.71. The Hall–Kier alpha value is -3.10. The van der Waals surface area contributed by atoms with Crippen LogP contribution in [0.2, 0.25) is 5.02 Å². The van der Waals surface area contributed by atoms with Crippen LogP contribution in [-0.2, 0) is 6.18 Å². The van der Waals surface area contributed by atoms with E-state index in [9.17, 15) is 22.0 Å². The number of benzene rings is 1. The highest BCUT2D eigenvalue weighted by Crippen LogP contribution is 2.69. The minimum absolute atomic E-state index is 0.0356. The predicted octanol–water partition coefficient (Wildman–Crippen LogP) is 5.67. The molecule has 5 fully saturated rings. The zero-order chi connectivity index (χ0) is 31.5. The van der Waals surface area contributed by atoms with Crippen molar-refractivity contribution in [2.45, 2.75) is 68.2 Å². The number of ether oxygens (including phenoxy) is 1. The average Bonchev–Trinajstić information content (AvgIpc) is 3.31. The Morgan fingerprint density at radius 3 is 2.53 bits per heavy atom. The van der Waals surface area contributed by atoms with Gasteiger partial charge in [0.15, 0.2) is 5.82 Å². The van der Waals surface area contributed by atoms with Crippen molar-refractivity contribution in [1.29, 1.82) is 0 Å². The molecule has 0 radical (unpaired) electrons. The van der Waals surface area contributed by atoms with E-state index in [0.717, 1.165) is 25.3 Å². The molecule has 4 aliphatic heterocycles. The fourth-order valence-electron chi connectivity index (χ4n) is 8.20. The summed E-state index contributed by atoms with van der Waals surface area (Å²) >= 11 is 5.97. The molecule has 3 aromatic rings. The number of nitrogens with zero attached hydrogens (tertiary/aromatic N) is 5. The summed E-state index contributed by atoms with van der Waals surface area (Å²) in [5, 5.41) is 3.00.